The van der Waals surface area contributed by atoms with Crippen LogP contribution in [0.3, 0.4) is 0 Å². The fourth-order valence-electron chi connectivity index (χ4n) is 3.01. The van der Waals surface area contributed by atoms with Gasteiger partial charge in [0, 0.05) is 22.4 Å². The van der Waals surface area contributed by atoms with Crippen LogP contribution in [0.4, 0.5) is 0 Å². The molecule has 1 fully saturated rings. The molecule has 0 aromatic carbocycles. The van der Waals surface area contributed by atoms with Crippen molar-refractivity contribution in [2.75, 3.05) is 0 Å². The van der Waals surface area contributed by atoms with Crippen LogP contribution in [0.1, 0.15) is 51.4 Å². The van der Waals surface area contributed by atoms with Crippen LogP contribution >= 0.6 is 15.9 Å². The zero-order valence-electron chi connectivity index (χ0n) is 16.0. The van der Waals surface area contributed by atoms with Crippen LogP contribution in [0.25, 0.3) is 0 Å². The number of aliphatic hydroxyl groups excluding tert-OH is 4. The lowest BCUT2D eigenvalue weighted by Crippen LogP contribution is -2.28. The van der Waals surface area contributed by atoms with Crippen LogP contribution in [-0.4, -0.2) is 44.8 Å². The van der Waals surface area contributed by atoms with Crippen molar-refractivity contribution in [3.8, 4) is 34.4 Å². The summed E-state index contributed by atoms with van der Waals surface area (Å²) in [5.41, 5.74) is 0. The van der Waals surface area contributed by atoms with Crippen molar-refractivity contribution in [2.45, 2.75) is 75.8 Å². The lowest BCUT2D eigenvalue weighted by Gasteiger charge is -2.25. The van der Waals surface area contributed by atoms with Crippen molar-refractivity contribution in [3.63, 3.8) is 0 Å². The van der Waals surface area contributed by atoms with Gasteiger partial charge in [0.1, 0.15) is 12.2 Å². The van der Waals surface area contributed by atoms with Crippen molar-refractivity contribution in [2.24, 2.45) is 5.92 Å². The quantitative estimate of drug-likeness (QED) is 0.339. The molecule has 1 aliphatic rings. The Hall–Kier alpha value is -1.52. The largest absolute Gasteiger partial charge is 0.390 e. The van der Waals surface area contributed by atoms with Crippen LogP contribution in [0, 0.1) is 40.3 Å². The highest BCUT2D eigenvalue weighted by molar-refractivity contribution is 9.12. The van der Waals surface area contributed by atoms with E-state index in [1.165, 1.54) is 25.3 Å². The van der Waals surface area contributed by atoms with Gasteiger partial charge in [-0.3, -0.25) is 0 Å². The van der Waals surface area contributed by atoms with Crippen LogP contribution in [0.5, 0.6) is 0 Å². The second-order valence-corrected chi connectivity index (χ2v) is 7.27. The molecule has 4 nitrogen and oxygen atoms in total. The van der Waals surface area contributed by atoms with Gasteiger partial charge in [0.05, 0.1) is 12.2 Å². The average molecular weight is 449 g/mol. The topological polar surface area (TPSA) is 80.9 Å². The van der Waals surface area contributed by atoms with Crippen molar-refractivity contribution >= 4 is 15.9 Å². The van der Waals surface area contributed by atoms with Gasteiger partial charge >= 0.3 is 0 Å². The summed E-state index contributed by atoms with van der Waals surface area (Å²) in [6, 6.07) is 0. The Balaban J connectivity index is 2.28. The molecule has 0 amide bonds. The first kappa shape index (κ1) is 24.5. The molecule has 0 radical (unpaired) electrons. The zero-order chi connectivity index (χ0) is 20.6. The normalized spacial score (nSPS) is 18.9. The SMILES string of the molecule is O[C@H](C#CC#CC[C@@H](O)[C@H](O)CC1CCCCC1)/C=C/C/C=C/[C@@H](O)C#CBr. The summed E-state index contributed by atoms with van der Waals surface area (Å²) >= 11 is 2.91. The van der Waals surface area contributed by atoms with Gasteiger partial charge in [-0.1, -0.05) is 62.0 Å². The molecule has 0 bridgehead atoms. The van der Waals surface area contributed by atoms with Gasteiger partial charge in [0.2, 0.25) is 0 Å². The molecule has 1 saturated carbocycles. The minimum absolute atomic E-state index is 0.166. The minimum Gasteiger partial charge on any atom is -0.390 e. The van der Waals surface area contributed by atoms with Gasteiger partial charge in [-0.2, -0.15) is 0 Å². The number of halogens is 1. The summed E-state index contributed by atoms with van der Waals surface area (Å²) in [6.07, 6.45) is 10.5. The van der Waals surface area contributed by atoms with E-state index in [1.54, 1.807) is 18.2 Å². The van der Waals surface area contributed by atoms with Gasteiger partial charge in [-0.15, -0.1) is 0 Å². The van der Waals surface area contributed by atoms with E-state index in [-0.39, 0.29) is 6.42 Å². The first-order valence-electron chi connectivity index (χ1n) is 9.68. The van der Waals surface area contributed by atoms with E-state index in [0.29, 0.717) is 18.8 Å². The molecule has 1 rings (SSSR count). The third-order valence-corrected chi connectivity index (χ3v) is 4.77. The van der Waals surface area contributed by atoms with Crippen molar-refractivity contribution in [1.29, 1.82) is 0 Å². The van der Waals surface area contributed by atoms with E-state index in [9.17, 15) is 20.4 Å². The second-order valence-electron chi connectivity index (χ2n) is 6.87. The van der Waals surface area contributed by atoms with Gasteiger partial charge < -0.3 is 20.4 Å². The fraction of sp³-hybridized carbons (Fsp3) is 0.565. The lowest BCUT2D eigenvalue weighted by molar-refractivity contribution is 0.00479. The fourth-order valence-corrected chi connectivity index (χ4v) is 3.25. The van der Waals surface area contributed by atoms with E-state index >= 15 is 0 Å². The molecule has 4 atom stereocenters. The molecule has 0 spiro atoms. The maximum atomic E-state index is 10.1. The Morgan fingerprint density at radius 3 is 2.14 bits per heavy atom. The highest BCUT2D eigenvalue weighted by Crippen LogP contribution is 2.28. The molecule has 0 saturated heterocycles. The third kappa shape index (κ3) is 12.0. The summed E-state index contributed by atoms with van der Waals surface area (Å²) in [7, 11) is 0. The molecule has 1 aliphatic carbocycles. The van der Waals surface area contributed by atoms with Crippen LogP contribution in [0.2, 0.25) is 0 Å². The molecule has 28 heavy (non-hydrogen) atoms. The maximum absolute atomic E-state index is 10.1. The molecule has 0 aromatic heterocycles. The Bertz CT molecular complexity index is 675. The number of hydrogen-bond donors (Lipinski definition) is 4. The lowest BCUT2D eigenvalue weighted by atomic mass is 9.84. The molecule has 5 heteroatoms. The van der Waals surface area contributed by atoms with E-state index in [2.05, 4.69) is 50.4 Å². The molecule has 152 valence electrons. The molecular formula is C23H29BrO4. The first-order chi connectivity index (χ1) is 13.5. The summed E-state index contributed by atoms with van der Waals surface area (Å²) in [5, 5.41) is 39.1. The van der Waals surface area contributed by atoms with Gasteiger partial charge in [-0.05, 0) is 47.6 Å². The van der Waals surface area contributed by atoms with Crippen LogP contribution in [0.15, 0.2) is 24.3 Å². The van der Waals surface area contributed by atoms with Gasteiger partial charge in [0.25, 0.3) is 0 Å². The Kier molecular flexibility index (Phi) is 13.5. The zero-order valence-corrected chi connectivity index (χ0v) is 17.6. The molecular weight excluding hydrogens is 420 g/mol. The Morgan fingerprint density at radius 2 is 1.50 bits per heavy atom. The number of hydrogen-bond acceptors (Lipinski definition) is 4. The highest BCUT2D eigenvalue weighted by Gasteiger charge is 2.22. The Labute approximate surface area is 176 Å². The molecule has 0 heterocycles. The van der Waals surface area contributed by atoms with Gasteiger partial charge in [-0.25, -0.2) is 0 Å². The number of allylic oxidation sites excluding steroid dienone is 2. The Morgan fingerprint density at radius 1 is 0.857 bits per heavy atom. The van der Waals surface area contributed by atoms with Crippen LogP contribution in [-0.2, 0) is 0 Å². The molecule has 4 N–H and O–H groups in total. The van der Waals surface area contributed by atoms with Crippen LogP contribution < -0.4 is 0 Å². The van der Waals surface area contributed by atoms with E-state index in [1.807, 2.05) is 0 Å². The summed E-state index contributed by atoms with van der Waals surface area (Å²) in [6.45, 7) is 0. The molecule has 0 aromatic rings. The van der Waals surface area contributed by atoms with Crippen molar-refractivity contribution in [3.05, 3.63) is 24.3 Å². The minimum atomic E-state index is -0.934. The predicted molar refractivity (Wildman–Crippen MR) is 115 cm³/mol. The summed E-state index contributed by atoms with van der Waals surface area (Å²) in [5.74, 6) is 13.5. The number of rotatable bonds is 8. The molecule has 0 unspecified atom stereocenters. The number of aliphatic hydroxyl groups is 4. The standard InChI is InChI=1S/C23H29BrO4/c24-17-16-21(26)14-7-2-6-12-20(25)13-8-3-9-15-22(27)23(28)18-19-10-4-1-5-11-19/h6-7,12,14,19-23,25-28H,1-2,4-5,10-11,15,18H2/b12-6+,14-7+/t20-,21+,22+,23+/m0/s1. The molecule has 0 aliphatic heterocycles. The van der Waals surface area contributed by atoms with Crippen molar-refractivity contribution < 1.29 is 20.4 Å². The maximum Gasteiger partial charge on any atom is 0.134 e. The first-order valence-corrected chi connectivity index (χ1v) is 10.5. The van der Waals surface area contributed by atoms with Crippen molar-refractivity contribution in [1.82, 2.24) is 0 Å². The van der Waals surface area contributed by atoms with E-state index in [4.69, 9.17) is 0 Å². The third-order valence-electron chi connectivity index (χ3n) is 4.54. The van der Waals surface area contributed by atoms with E-state index in [0.717, 1.165) is 12.8 Å². The summed E-state index contributed by atoms with van der Waals surface area (Å²) in [4.78, 5) is 2.43. The second kappa shape index (κ2) is 15.4. The predicted octanol–water partition coefficient (Wildman–Crippen LogP) is 2.66. The summed E-state index contributed by atoms with van der Waals surface area (Å²) < 4.78 is 0. The highest BCUT2D eigenvalue weighted by atomic mass is 79.9. The van der Waals surface area contributed by atoms with Gasteiger partial charge in [0.15, 0.2) is 0 Å². The monoisotopic (exact) mass is 448 g/mol. The van der Waals surface area contributed by atoms with E-state index < -0.39 is 24.4 Å². The average Bonchev–Trinajstić information content (AvgIpc) is 2.68. The smallest absolute Gasteiger partial charge is 0.134 e.